The number of nitrogens with one attached hydrogen (secondary N) is 1. The van der Waals surface area contributed by atoms with Crippen LogP contribution < -0.4 is 10.1 Å². The normalized spacial score (nSPS) is 11.8. The fraction of sp³-hybridized carbons (Fsp3) is 0.412. The number of hydrogen-bond donors (Lipinski definition) is 2. The molecule has 2 rings (SSSR count). The number of amides is 1. The summed E-state index contributed by atoms with van der Waals surface area (Å²) >= 11 is 0. The lowest BCUT2D eigenvalue weighted by Crippen LogP contribution is -2.26. The van der Waals surface area contributed by atoms with Crippen molar-refractivity contribution in [2.45, 2.75) is 38.6 Å². The molecule has 2 aromatic rings. The summed E-state index contributed by atoms with van der Waals surface area (Å²) in [6, 6.07) is 6.86. The molecule has 1 atom stereocenters. The van der Waals surface area contributed by atoms with Gasteiger partial charge < -0.3 is 19.7 Å². The zero-order valence-electron chi connectivity index (χ0n) is 14.2. The van der Waals surface area contributed by atoms with E-state index in [1.54, 1.807) is 20.1 Å². The number of rotatable bonds is 9. The number of carbonyl (C=O) groups excluding carboxylic acids is 1. The number of para-hydroxylation sites is 1. The van der Waals surface area contributed by atoms with Crippen LogP contribution in [-0.4, -0.2) is 34.2 Å². The Hall–Kier alpha value is -2.90. The van der Waals surface area contributed by atoms with Crippen molar-refractivity contribution >= 4 is 11.9 Å². The van der Waals surface area contributed by atoms with Crippen molar-refractivity contribution in [2.24, 2.45) is 0 Å². The number of methoxy groups -OCH3 is 1. The van der Waals surface area contributed by atoms with Crippen LogP contribution in [0.4, 0.5) is 0 Å². The molecule has 8 nitrogen and oxygen atoms in total. The van der Waals surface area contributed by atoms with E-state index in [0.29, 0.717) is 35.9 Å². The summed E-state index contributed by atoms with van der Waals surface area (Å²) in [6.45, 7) is 1.74. The molecule has 2 N–H and O–H groups in total. The number of carboxylic acids is 1. The molecule has 0 spiro atoms. The van der Waals surface area contributed by atoms with Crippen LogP contribution in [-0.2, 0) is 9.59 Å². The summed E-state index contributed by atoms with van der Waals surface area (Å²) in [5.41, 5.74) is 0.701. The fourth-order valence-corrected chi connectivity index (χ4v) is 2.29. The summed E-state index contributed by atoms with van der Waals surface area (Å²) in [4.78, 5) is 26.6. The molecule has 1 amide bonds. The Balaban J connectivity index is 1.92. The van der Waals surface area contributed by atoms with Crippen molar-refractivity contribution in [3.05, 3.63) is 30.2 Å². The summed E-state index contributed by atoms with van der Waals surface area (Å²) in [5.74, 6) is 0.262. The molecule has 0 radical (unpaired) electrons. The zero-order valence-corrected chi connectivity index (χ0v) is 14.2. The molecule has 0 aliphatic rings. The standard InChI is InChI=1S/C17H21N3O5/c1-11(18-14(21)9-5-6-10-15(22)23)17-19-16(20-25-17)12-7-3-4-8-13(12)24-2/h3-4,7-8,11H,5-6,9-10H2,1-2H3,(H,18,21)(H,22,23). The Kier molecular flexibility index (Phi) is 6.50. The van der Waals surface area contributed by atoms with E-state index in [1.807, 2.05) is 18.2 Å². The van der Waals surface area contributed by atoms with Crippen molar-refractivity contribution in [1.82, 2.24) is 15.5 Å². The van der Waals surface area contributed by atoms with Crippen molar-refractivity contribution < 1.29 is 24.0 Å². The minimum atomic E-state index is -0.858. The van der Waals surface area contributed by atoms with E-state index < -0.39 is 12.0 Å². The Morgan fingerprint density at radius 1 is 1.28 bits per heavy atom. The van der Waals surface area contributed by atoms with Crippen LogP contribution in [0.5, 0.6) is 5.75 Å². The average molecular weight is 347 g/mol. The van der Waals surface area contributed by atoms with Gasteiger partial charge in [0, 0.05) is 12.8 Å². The molecule has 0 aliphatic heterocycles. The maximum Gasteiger partial charge on any atom is 0.303 e. The van der Waals surface area contributed by atoms with E-state index in [2.05, 4.69) is 15.5 Å². The van der Waals surface area contributed by atoms with Crippen LogP contribution >= 0.6 is 0 Å². The van der Waals surface area contributed by atoms with Gasteiger partial charge in [0.15, 0.2) is 0 Å². The molecule has 0 aliphatic carbocycles. The average Bonchev–Trinajstić information content (AvgIpc) is 3.08. The second kappa shape index (κ2) is 8.81. The number of hydrogen-bond acceptors (Lipinski definition) is 6. The number of benzene rings is 1. The number of carboxylic acid groups (broad SMARTS) is 1. The van der Waals surface area contributed by atoms with Gasteiger partial charge in [-0.15, -0.1) is 0 Å². The quantitative estimate of drug-likeness (QED) is 0.670. The molecule has 1 unspecified atom stereocenters. The lowest BCUT2D eigenvalue weighted by Gasteiger charge is -2.09. The maximum atomic E-state index is 11.9. The Morgan fingerprint density at radius 2 is 2.00 bits per heavy atom. The first-order valence-corrected chi connectivity index (χ1v) is 7.99. The molecule has 0 fully saturated rings. The van der Waals surface area contributed by atoms with Crippen LogP contribution in [0, 0.1) is 0 Å². The fourth-order valence-electron chi connectivity index (χ4n) is 2.29. The minimum Gasteiger partial charge on any atom is -0.496 e. The first-order valence-electron chi connectivity index (χ1n) is 7.99. The second-order valence-electron chi connectivity index (χ2n) is 5.55. The van der Waals surface area contributed by atoms with Crippen LogP contribution in [0.15, 0.2) is 28.8 Å². The summed E-state index contributed by atoms with van der Waals surface area (Å²) in [7, 11) is 1.56. The van der Waals surface area contributed by atoms with E-state index in [9.17, 15) is 9.59 Å². The van der Waals surface area contributed by atoms with Crippen LogP contribution in [0.1, 0.15) is 44.5 Å². The Labute approximate surface area is 145 Å². The molecule has 1 aromatic heterocycles. The highest BCUT2D eigenvalue weighted by molar-refractivity contribution is 5.76. The third-order valence-corrected chi connectivity index (χ3v) is 3.58. The number of aromatic nitrogens is 2. The van der Waals surface area contributed by atoms with Crippen LogP contribution in [0.25, 0.3) is 11.4 Å². The molecular weight excluding hydrogens is 326 g/mol. The maximum absolute atomic E-state index is 11.9. The highest BCUT2D eigenvalue weighted by atomic mass is 16.5. The molecule has 25 heavy (non-hydrogen) atoms. The van der Waals surface area contributed by atoms with E-state index in [4.69, 9.17) is 14.4 Å². The molecule has 0 bridgehead atoms. The van der Waals surface area contributed by atoms with Gasteiger partial charge in [-0.2, -0.15) is 4.98 Å². The van der Waals surface area contributed by atoms with Gasteiger partial charge in [-0.25, -0.2) is 0 Å². The van der Waals surface area contributed by atoms with Gasteiger partial charge in [0.05, 0.1) is 12.7 Å². The third-order valence-electron chi connectivity index (χ3n) is 3.58. The predicted molar refractivity (Wildman–Crippen MR) is 88.9 cm³/mol. The largest absolute Gasteiger partial charge is 0.496 e. The highest BCUT2D eigenvalue weighted by Crippen LogP contribution is 2.27. The van der Waals surface area contributed by atoms with Crippen molar-refractivity contribution in [3.63, 3.8) is 0 Å². The van der Waals surface area contributed by atoms with Gasteiger partial charge in [0.2, 0.25) is 17.6 Å². The van der Waals surface area contributed by atoms with Gasteiger partial charge in [-0.1, -0.05) is 17.3 Å². The first kappa shape index (κ1) is 18.4. The second-order valence-corrected chi connectivity index (χ2v) is 5.55. The molecule has 0 saturated heterocycles. The van der Waals surface area contributed by atoms with E-state index in [0.717, 1.165) is 0 Å². The van der Waals surface area contributed by atoms with E-state index in [-0.39, 0.29) is 18.7 Å². The van der Waals surface area contributed by atoms with Gasteiger partial charge in [0.1, 0.15) is 11.8 Å². The molecule has 1 aromatic carbocycles. The molecular formula is C17H21N3O5. The van der Waals surface area contributed by atoms with Gasteiger partial charge in [-0.05, 0) is 31.9 Å². The summed E-state index contributed by atoms with van der Waals surface area (Å²) in [5, 5.41) is 15.3. The van der Waals surface area contributed by atoms with Gasteiger partial charge in [-0.3, -0.25) is 9.59 Å². The number of unbranched alkanes of at least 4 members (excludes halogenated alkanes) is 1. The van der Waals surface area contributed by atoms with Crippen molar-refractivity contribution in [1.29, 1.82) is 0 Å². The Bertz CT molecular complexity index is 729. The zero-order chi connectivity index (χ0) is 18.2. The SMILES string of the molecule is COc1ccccc1-c1noc(C(C)NC(=O)CCCCC(=O)O)n1. The van der Waals surface area contributed by atoms with E-state index in [1.165, 1.54) is 0 Å². The summed E-state index contributed by atoms with van der Waals surface area (Å²) in [6.07, 6.45) is 1.30. The number of carbonyl (C=O) groups is 2. The Morgan fingerprint density at radius 3 is 2.72 bits per heavy atom. The topological polar surface area (TPSA) is 115 Å². The number of ether oxygens (including phenoxy) is 1. The van der Waals surface area contributed by atoms with Gasteiger partial charge >= 0.3 is 5.97 Å². The van der Waals surface area contributed by atoms with Crippen molar-refractivity contribution in [3.8, 4) is 17.1 Å². The smallest absolute Gasteiger partial charge is 0.303 e. The third kappa shape index (κ3) is 5.30. The molecule has 134 valence electrons. The first-order chi connectivity index (χ1) is 12.0. The van der Waals surface area contributed by atoms with Crippen LogP contribution in [0.2, 0.25) is 0 Å². The van der Waals surface area contributed by atoms with Crippen molar-refractivity contribution in [2.75, 3.05) is 7.11 Å². The summed E-state index contributed by atoms with van der Waals surface area (Å²) < 4.78 is 10.5. The van der Waals surface area contributed by atoms with Gasteiger partial charge in [0.25, 0.3) is 0 Å². The minimum absolute atomic E-state index is 0.0642. The molecule has 8 heteroatoms. The van der Waals surface area contributed by atoms with Crippen LogP contribution in [0.3, 0.4) is 0 Å². The molecule has 1 heterocycles. The lowest BCUT2D eigenvalue weighted by atomic mass is 10.2. The highest BCUT2D eigenvalue weighted by Gasteiger charge is 2.18. The number of nitrogens with zero attached hydrogens (tertiary/aromatic N) is 2. The molecule has 0 saturated carbocycles. The number of aliphatic carboxylic acids is 1. The monoisotopic (exact) mass is 347 g/mol. The lowest BCUT2D eigenvalue weighted by molar-refractivity contribution is -0.137. The predicted octanol–water partition coefficient (Wildman–Crippen LogP) is 2.57. The van der Waals surface area contributed by atoms with E-state index >= 15 is 0 Å².